The van der Waals surface area contributed by atoms with E-state index >= 15 is 0 Å². The third-order valence-electron chi connectivity index (χ3n) is 2.75. The number of ether oxygens (including phenoxy) is 2. The van der Waals surface area contributed by atoms with Crippen LogP contribution in [0.3, 0.4) is 0 Å². The van der Waals surface area contributed by atoms with Gasteiger partial charge >= 0.3 is 0 Å². The molecule has 1 aromatic heterocycles. The largest absolute Gasteiger partial charge is 0.497 e. The summed E-state index contributed by atoms with van der Waals surface area (Å²) >= 11 is 0. The van der Waals surface area contributed by atoms with Crippen molar-refractivity contribution in [1.82, 2.24) is 10.3 Å². The lowest BCUT2D eigenvalue weighted by molar-refractivity contribution is 0.395. The van der Waals surface area contributed by atoms with E-state index in [2.05, 4.69) is 10.3 Å². The maximum Gasteiger partial charge on any atom is 0.208 e. The van der Waals surface area contributed by atoms with Crippen molar-refractivity contribution < 1.29 is 13.9 Å². The van der Waals surface area contributed by atoms with Crippen molar-refractivity contribution in [2.45, 2.75) is 20.0 Å². The molecule has 0 aliphatic carbocycles. The third-order valence-corrected chi connectivity index (χ3v) is 2.75. The Kier molecular flexibility index (Phi) is 4.41. The van der Waals surface area contributed by atoms with Gasteiger partial charge in [-0.05, 0) is 25.1 Å². The van der Waals surface area contributed by atoms with Crippen LogP contribution in [0.5, 0.6) is 11.5 Å². The molecule has 0 saturated heterocycles. The zero-order valence-corrected chi connectivity index (χ0v) is 11.4. The highest BCUT2D eigenvalue weighted by atomic mass is 16.5. The molecule has 2 rings (SSSR count). The second-order valence-corrected chi connectivity index (χ2v) is 4.15. The van der Waals surface area contributed by atoms with Gasteiger partial charge in [0.15, 0.2) is 0 Å². The number of nitrogens with zero attached hydrogens (tertiary/aromatic N) is 1. The Bertz CT molecular complexity index is 537. The zero-order valence-electron chi connectivity index (χ0n) is 11.4. The molecule has 0 aliphatic heterocycles. The molecule has 1 heterocycles. The van der Waals surface area contributed by atoms with Crippen molar-refractivity contribution in [3.63, 3.8) is 0 Å². The molecule has 0 bridgehead atoms. The van der Waals surface area contributed by atoms with Crippen molar-refractivity contribution >= 4 is 0 Å². The standard InChI is InChI=1S/C14H18N2O3/c1-10-7-16-14(19-10)9-15-8-11-6-12(17-2)4-5-13(11)18-3/h4-7,15H,8-9H2,1-3H3. The predicted molar refractivity (Wildman–Crippen MR) is 71.3 cm³/mol. The van der Waals surface area contributed by atoms with E-state index in [1.807, 2.05) is 25.1 Å². The van der Waals surface area contributed by atoms with Crippen molar-refractivity contribution in [2.75, 3.05) is 14.2 Å². The Hall–Kier alpha value is -2.01. The van der Waals surface area contributed by atoms with E-state index in [1.54, 1.807) is 20.4 Å². The monoisotopic (exact) mass is 262 g/mol. The molecule has 0 aliphatic rings. The summed E-state index contributed by atoms with van der Waals surface area (Å²) in [5.74, 6) is 3.14. The topological polar surface area (TPSA) is 56.5 Å². The van der Waals surface area contributed by atoms with Crippen LogP contribution in [0.1, 0.15) is 17.2 Å². The van der Waals surface area contributed by atoms with E-state index in [0.717, 1.165) is 22.8 Å². The Labute approximate surface area is 112 Å². The fourth-order valence-electron chi connectivity index (χ4n) is 1.81. The number of methoxy groups -OCH3 is 2. The summed E-state index contributed by atoms with van der Waals surface area (Å²) in [6, 6.07) is 5.72. The molecule has 0 atom stereocenters. The fraction of sp³-hybridized carbons (Fsp3) is 0.357. The van der Waals surface area contributed by atoms with Crippen LogP contribution in [-0.2, 0) is 13.1 Å². The van der Waals surface area contributed by atoms with Crippen LogP contribution in [0.15, 0.2) is 28.8 Å². The van der Waals surface area contributed by atoms with E-state index in [4.69, 9.17) is 13.9 Å². The van der Waals surface area contributed by atoms with Crippen molar-refractivity contribution in [1.29, 1.82) is 0 Å². The second kappa shape index (κ2) is 6.24. The number of aromatic nitrogens is 1. The first-order valence-corrected chi connectivity index (χ1v) is 6.06. The van der Waals surface area contributed by atoms with Gasteiger partial charge in [0.05, 0.1) is 27.0 Å². The molecular formula is C14H18N2O3. The zero-order chi connectivity index (χ0) is 13.7. The van der Waals surface area contributed by atoms with Crippen LogP contribution < -0.4 is 14.8 Å². The number of hydrogen-bond acceptors (Lipinski definition) is 5. The first-order valence-electron chi connectivity index (χ1n) is 6.06. The number of aryl methyl sites for hydroxylation is 1. The number of rotatable bonds is 6. The highest BCUT2D eigenvalue weighted by Gasteiger charge is 2.06. The molecule has 1 N–H and O–H groups in total. The minimum absolute atomic E-state index is 0.578. The summed E-state index contributed by atoms with van der Waals surface area (Å²) in [4.78, 5) is 4.14. The van der Waals surface area contributed by atoms with Crippen LogP contribution >= 0.6 is 0 Å². The average Bonchev–Trinajstić information content (AvgIpc) is 2.84. The Balaban J connectivity index is 1.98. The SMILES string of the molecule is COc1ccc(OC)c(CNCc2ncc(C)o2)c1. The van der Waals surface area contributed by atoms with Crippen LogP contribution in [0.25, 0.3) is 0 Å². The lowest BCUT2D eigenvalue weighted by atomic mass is 10.2. The van der Waals surface area contributed by atoms with Gasteiger partial charge in [0.2, 0.25) is 5.89 Å². The molecule has 19 heavy (non-hydrogen) atoms. The summed E-state index contributed by atoms with van der Waals surface area (Å²) in [5, 5.41) is 3.27. The van der Waals surface area contributed by atoms with Crippen molar-refractivity contribution in [2.24, 2.45) is 0 Å². The highest BCUT2D eigenvalue weighted by molar-refractivity contribution is 5.40. The quantitative estimate of drug-likeness (QED) is 0.865. The van der Waals surface area contributed by atoms with Crippen LogP contribution in [0, 0.1) is 6.92 Å². The molecule has 0 spiro atoms. The molecule has 0 fully saturated rings. The first kappa shape index (κ1) is 13.4. The Morgan fingerprint density at radius 1 is 1.21 bits per heavy atom. The second-order valence-electron chi connectivity index (χ2n) is 4.15. The molecule has 2 aromatic rings. The first-order chi connectivity index (χ1) is 9.22. The van der Waals surface area contributed by atoms with Gasteiger partial charge in [0.1, 0.15) is 17.3 Å². The van der Waals surface area contributed by atoms with Gasteiger partial charge in [-0.15, -0.1) is 0 Å². The maximum absolute atomic E-state index is 5.39. The molecule has 0 saturated carbocycles. The van der Waals surface area contributed by atoms with E-state index in [1.165, 1.54) is 0 Å². The van der Waals surface area contributed by atoms with Gasteiger partial charge in [0.25, 0.3) is 0 Å². The van der Waals surface area contributed by atoms with Gasteiger partial charge < -0.3 is 19.2 Å². The number of hydrogen-bond donors (Lipinski definition) is 1. The summed E-state index contributed by atoms with van der Waals surface area (Å²) in [6.45, 7) is 3.11. The number of nitrogens with one attached hydrogen (secondary N) is 1. The molecule has 1 aromatic carbocycles. The smallest absolute Gasteiger partial charge is 0.208 e. The van der Waals surface area contributed by atoms with Crippen LogP contribution in [0.2, 0.25) is 0 Å². The van der Waals surface area contributed by atoms with E-state index in [-0.39, 0.29) is 0 Å². The molecule has 5 nitrogen and oxygen atoms in total. The molecule has 5 heteroatoms. The lowest BCUT2D eigenvalue weighted by Crippen LogP contribution is -2.13. The van der Waals surface area contributed by atoms with Crippen LogP contribution in [-0.4, -0.2) is 19.2 Å². The molecule has 0 amide bonds. The molecule has 0 radical (unpaired) electrons. The molecule has 0 unspecified atom stereocenters. The Morgan fingerprint density at radius 2 is 2.05 bits per heavy atom. The highest BCUT2D eigenvalue weighted by Crippen LogP contribution is 2.23. The minimum atomic E-state index is 0.578. The Morgan fingerprint density at radius 3 is 2.68 bits per heavy atom. The summed E-state index contributed by atoms with van der Waals surface area (Å²) < 4.78 is 15.9. The molecule has 102 valence electrons. The number of benzene rings is 1. The van der Waals surface area contributed by atoms with Crippen LogP contribution in [0.4, 0.5) is 0 Å². The van der Waals surface area contributed by atoms with Gasteiger partial charge in [0, 0.05) is 12.1 Å². The van der Waals surface area contributed by atoms with Crippen molar-refractivity contribution in [3.05, 3.63) is 41.6 Å². The fourth-order valence-corrected chi connectivity index (χ4v) is 1.81. The predicted octanol–water partition coefficient (Wildman–Crippen LogP) is 2.29. The van der Waals surface area contributed by atoms with Gasteiger partial charge in [-0.25, -0.2) is 4.98 Å². The molecular weight excluding hydrogens is 244 g/mol. The van der Waals surface area contributed by atoms with E-state index in [9.17, 15) is 0 Å². The third kappa shape index (κ3) is 3.48. The van der Waals surface area contributed by atoms with E-state index in [0.29, 0.717) is 19.0 Å². The van der Waals surface area contributed by atoms with Crippen molar-refractivity contribution in [3.8, 4) is 11.5 Å². The summed E-state index contributed by atoms with van der Waals surface area (Å²) in [7, 11) is 3.30. The summed E-state index contributed by atoms with van der Waals surface area (Å²) in [5.41, 5.74) is 1.03. The normalized spacial score (nSPS) is 10.5. The van der Waals surface area contributed by atoms with Gasteiger partial charge in [-0.2, -0.15) is 0 Å². The summed E-state index contributed by atoms with van der Waals surface area (Å²) in [6.07, 6.45) is 1.71. The maximum atomic E-state index is 5.39. The average molecular weight is 262 g/mol. The van der Waals surface area contributed by atoms with Gasteiger partial charge in [-0.1, -0.05) is 0 Å². The number of oxazole rings is 1. The lowest BCUT2D eigenvalue weighted by Gasteiger charge is -2.10. The van der Waals surface area contributed by atoms with E-state index < -0.39 is 0 Å². The van der Waals surface area contributed by atoms with Gasteiger partial charge in [-0.3, -0.25) is 0 Å². The minimum Gasteiger partial charge on any atom is -0.497 e.